The van der Waals surface area contributed by atoms with Crippen molar-refractivity contribution in [2.24, 2.45) is 0 Å². The lowest BCUT2D eigenvalue weighted by atomic mass is 10.1. The normalized spacial score (nSPS) is 11.1. The number of aromatic nitrogens is 2. The van der Waals surface area contributed by atoms with Crippen LogP contribution in [0.15, 0.2) is 60.1 Å². The van der Waals surface area contributed by atoms with E-state index < -0.39 is 0 Å². The van der Waals surface area contributed by atoms with Crippen molar-refractivity contribution in [3.8, 4) is 11.3 Å². The maximum Gasteiger partial charge on any atom is 0.321 e. The van der Waals surface area contributed by atoms with E-state index in [-0.39, 0.29) is 6.03 Å². The Morgan fingerprint density at radius 3 is 2.39 bits per heavy atom. The molecule has 2 aromatic carbocycles. The summed E-state index contributed by atoms with van der Waals surface area (Å²) in [6.07, 6.45) is 3.80. The van der Waals surface area contributed by atoms with E-state index in [1.165, 1.54) is 16.8 Å². The number of nitrogens with one attached hydrogen (secondary N) is 1. The number of hydrogen-bond donors (Lipinski definition) is 1. The number of anilines is 1. The topological polar surface area (TPSA) is 49.6 Å². The largest absolute Gasteiger partial charge is 0.324 e. The van der Waals surface area contributed by atoms with Crippen LogP contribution in [0.2, 0.25) is 0 Å². The Morgan fingerprint density at radius 2 is 1.71 bits per heavy atom. The molecule has 0 unspecified atom stereocenters. The molecule has 0 aliphatic carbocycles. The van der Waals surface area contributed by atoms with Crippen molar-refractivity contribution < 1.29 is 4.79 Å². The van der Waals surface area contributed by atoms with Gasteiger partial charge in [0.05, 0.1) is 5.69 Å². The first-order valence-corrected chi connectivity index (χ1v) is 11.6. The molecule has 0 aliphatic rings. The number of hydrogen-bond acceptors (Lipinski definition) is 3. The average Bonchev–Trinajstić information content (AvgIpc) is 3.34. The summed E-state index contributed by atoms with van der Waals surface area (Å²) in [6, 6.07) is 16.3. The minimum atomic E-state index is -0.0526. The first-order chi connectivity index (χ1) is 15.0. The molecule has 2 amide bonds. The molecule has 0 fully saturated rings. The number of fused-ring (bicyclic) bond motifs is 1. The van der Waals surface area contributed by atoms with E-state index in [2.05, 4.69) is 59.4 Å². The Hall–Kier alpha value is -3.12. The number of aryl methyl sites for hydroxylation is 2. The Labute approximate surface area is 187 Å². The molecule has 0 radical (unpaired) electrons. The number of rotatable bonds is 7. The van der Waals surface area contributed by atoms with E-state index in [0.717, 1.165) is 41.3 Å². The first-order valence-electron chi connectivity index (χ1n) is 10.7. The minimum absolute atomic E-state index is 0.0526. The second-order valence-electron chi connectivity index (χ2n) is 7.91. The number of urea groups is 1. The lowest BCUT2D eigenvalue weighted by Gasteiger charge is -2.22. The molecule has 0 bridgehead atoms. The molecule has 31 heavy (non-hydrogen) atoms. The molecule has 1 N–H and O–H groups in total. The van der Waals surface area contributed by atoms with Crippen LogP contribution >= 0.6 is 11.3 Å². The van der Waals surface area contributed by atoms with Crippen LogP contribution in [-0.4, -0.2) is 33.4 Å². The van der Waals surface area contributed by atoms with Crippen LogP contribution in [0.25, 0.3) is 16.2 Å². The number of carbonyl (C=O) groups is 1. The predicted octanol–water partition coefficient (Wildman–Crippen LogP) is 6.17. The van der Waals surface area contributed by atoms with Crippen LogP contribution < -0.4 is 5.32 Å². The van der Waals surface area contributed by atoms with Gasteiger partial charge >= 0.3 is 6.03 Å². The van der Waals surface area contributed by atoms with Gasteiger partial charge in [-0.15, -0.1) is 11.3 Å². The fourth-order valence-electron chi connectivity index (χ4n) is 3.55. The number of imidazole rings is 1. The van der Waals surface area contributed by atoms with E-state index in [9.17, 15) is 4.79 Å². The lowest BCUT2D eigenvalue weighted by molar-refractivity contribution is 0.212. The molecular formula is C25H28N4OS. The van der Waals surface area contributed by atoms with Crippen LogP contribution in [0.3, 0.4) is 0 Å². The molecule has 0 saturated heterocycles. The minimum Gasteiger partial charge on any atom is -0.324 e. The third kappa shape index (κ3) is 4.97. The molecule has 0 aliphatic heterocycles. The van der Waals surface area contributed by atoms with Crippen molar-refractivity contribution >= 4 is 28.0 Å². The first kappa shape index (κ1) is 21.1. The maximum atomic E-state index is 12.8. The van der Waals surface area contributed by atoms with Crippen molar-refractivity contribution in [3.05, 3.63) is 76.9 Å². The number of carbonyl (C=O) groups excluding carboxylic acids is 1. The van der Waals surface area contributed by atoms with Crippen LogP contribution in [0.1, 0.15) is 30.2 Å². The highest BCUT2D eigenvalue weighted by molar-refractivity contribution is 7.15. The molecule has 160 valence electrons. The highest BCUT2D eigenvalue weighted by Crippen LogP contribution is 2.24. The van der Waals surface area contributed by atoms with Gasteiger partial charge in [0.15, 0.2) is 4.96 Å². The molecular weight excluding hydrogens is 404 g/mol. The molecule has 2 aromatic heterocycles. The van der Waals surface area contributed by atoms with Crippen LogP contribution in [0.5, 0.6) is 0 Å². The van der Waals surface area contributed by atoms with Gasteiger partial charge in [-0.2, -0.15) is 0 Å². The Kier molecular flexibility index (Phi) is 6.37. The lowest BCUT2D eigenvalue weighted by Crippen LogP contribution is -2.37. The second kappa shape index (κ2) is 9.35. The molecule has 6 heteroatoms. The van der Waals surface area contributed by atoms with Gasteiger partial charge < -0.3 is 10.2 Å². The zero-order valence-electron chi connectivity index (χ0n) is 18.3. The SMILES string of the molecule is CCCN(CCc1csc2nc(-c3ccc(C)cc3)cn12)C(=O)Nc1ccc(C)cc1. The standard InChI is InChI=1S/C25H28N4OS/c1-4-14-28(24(30)26-21-11-7-19(3)8-12-21)15-13-22-17-31-25-27-23(16-29(22)25)20-9-5-18(2)6-10-20/h5-12,16-17H,4,13-15H2,1-3H3,(H,26,30). The summed E-state index contributed by atoms with van der Waals surface area (Å²) < 4.78 is 2.15. The Morgan fingerprint density at radius 1 is 1.03 bits per heavy atom. The van der Waals surface area contributed by atoms with Gasteiger partial charge in [-0.05, 0) is 32.4 Å². The van der Waals surface area contributed by atoms with Gasteiger partial charge in [-0.3, -0.25) is 4.40 Å². The van der Waals surface area contributed by atoms with Crippen molar-refractivity contribution in [2.45, 2.75) is 33.6 Å². The molecule has 0 atom stereocenters. The molecule has 0 spiro atoms. The molecule has 4 aromatic rings. The van der Waals surface area contributed by atoms with Gasteiger partial charge in [0.25, 0.3) is 0 Å². The number of nitrogens with zero attached hydrogens (tertiary/aromatic N) is 3. The van der Waals surface area contributed by atoms with Crippen LogP contribution in [0, 0.1) is 13.8 Å². The van der Waals surface area contributed by atoms with Crippen molar-refractivity contribution in [2.75, 3.05) is 18.4 Å². The number of amides is 2. The summed E-state index contributed by atoms with van der Waals surface area (Å²) in [5.41, 5.74) is 6.52. The van der Waals surface area contributed by atoms with Crippen LogP contribution in [-0.2, 0) is 6.42 Å². The van der Waals surface area contributed by atoms with Crippen molar-refractivity contribution in [1.29, 1.82) is 0 Å². The van der Waals surface area contributed by atoms with Gasteiger partial charge in [-0.1, -0.05) is 54.4 Å². The van der Waals surface area contributed by atoms with Gasteiger partial charge in [0, 0.05) is 48.0 Å². The van der Waals surface area contributed by atoms with Gasteiger partial charge in [-0.25, -0.2) is 9.78 Å². The monoisotopic (exact) mass is 432 g/mol. The molecule has 0 saturated carbocycles. The summed E-state index contributed by atoms with van der Waals surface area (Å²) in [7, 11) is 0. The zero-order valence-corrected chi connectivity index (χ0v) is 19.1. The van der Waals surface area contributed by atoms with Crippen molar-refractivity contribution in [1.82, 2.24) is 14.3 Å². The number of benzene rings is 2. The summed E-state index contributed by atoms with van der Waals surface area (Å²) in [4.78, 5) is 20.5. The zero-order chi connectivity index (χ0) is 21.8. The molecule has 2 heterocycles. The highest BCUT2D eigenvalue weighted by atomic mass is 32.1. The van der Waals surface area contributed by atoms with E-state index in [4.69, 9.17) is 4.98 Å². The van der Waals surface area contributed by atoms with Gasteiger partial charge in [0.2, 0.25) is 0 Å². The Balaban J connectivity index is 1.46. The summed E-state index contributed by atoms with van der Waals surface area (Å²) in [5, 5.41) is 5.16. The van der Waals surface area contributed by atoms with E-state index in [1.807, 2.05) is 36.1 Å². The second-order valence-corrected chi connectivity index (χ2v) is 8.74. The summed E-state index contributed by atoms with van der Waals surface area (Å²) in [6.45, 7) is 7.61. The smallest absolute Gasteiger partial charge is 0.321 e. The fraction of sp³-hybridized carbons (Fsp3) is 0.280. The third-order valence-corrected chi connectivity index (χ3v) is 6.24. The highest BCUT2D eigenvalue weighted by Gasteiger charge is 2.15. The summed E-state index contributed by atoms with van der Waals surface area (Å²) >= 11 is 1.64. The fourth-order valence-corrected chi connectivity index (χ4v) is 4.45. The van der Waals surface area contributed by atoms with E-state index in [0.29, 0.717) is 6.54 Å². The third-order valence-electron chi connectivity index (χ3n) is 5.35. The maximum absolute atomic E-state index is 12.8. The quantitative estimate of drug-likeness (QED) is 0.380. The molecule has 4 rings (SSSR count). The van der Waals surface area contributed by atoms with Crippen LogP contribution in [0.4, 0.5) is 10.5 Å². The summed E-state index contributed by atoms with van der Waals surface area (Å²) in [5.74, 6) is 0. The van der Waals surface area contributed by atoms with Crippen molar-refractivity contribution in [3.63, 3.8) is 0 Å². The number of thiazole rings is 1. The average molecular weight is 433 g/mol. The Bertz CT molecular complexity index is 1160. The van der Waals surface area contributed by atoms with E-state index >= 15 is 0 Å². The predicted molar refractivity (Wildman–Crippen MR) is 129 cm³/mol. The van der Waals surface area contributed by atoms with E-state index in [1.54, 1.807) is 11.3 Å². The molecule has 5 nitrogen and oxygen atoms in total. The van der Waals surface area contributed by atoms with Gasteiger partial charge in [0.1, 0.15) is 0 Å².